The first-order valence-corrected chi connectivity index (χ1v) is 2.58. The Morgan fingerprint density at radius 3 is 2.36 bits per heavy atom. The highest BCUT2D eigenvalue weighted by atomic mass is 19.1. The van der Waals surface area contributed by atoms with Gasteiger partial charge >= 0.3 is 12.3 Å². The fourth-order valence-corrected chi connectivity index (χ4v) is 0.359. The van der Waals surface area contributed by atoms with E-state index in [0.29, 0.717) is 0 Å². The van der Waals surface area contributed by atoms with Crippen LogP contribution in [-0.2, 0) is 4.84 Å². The lowest BCUT2D eigenvalue weighted by molar-refractivity contribution is -0.762. The summed E-state index contributed by atoms with van der Waals surface area (Å²) in [6.07, 6.45) is -4.91. The first-order chi connectivity index (χ1) is 6.41. The van der Waals surface area contributed by atoms with E-state index < -0.39 is 27.6 Å². The van der Waals surface area contributed by atoms with Gasteiger partial charge in [-0.3, -0.25) is 4.84 Å². The topological polar surface area (TPSA) is 143 Å². The van der Waals surface area contributed by atoms with Crippen molar-refractivity contribution in [3.05, 3.63) is 15.0 Å². The highest BCUT2D eigenvalue weighted by Gasteiger charge is 2.37. The summed E-state index contributed by atoms with van der Waals surface area (Å²) in [5, 5.41) is 15.4. The quantitative estimate of drug-likeness (QED) is 0.226. The molecular weight excluding hydrogens is 211 g/mol. The van der Waals surface area contributed by atoms with Crippen molar-refractivity contribution in [2.45, 2.75) is 0 Å². The van der Waals surface area contributed by atoms with Crippen molar-refractivity contribution in [3.63, 3.8) is 0 Å². The summed E-state index contributed by atoms with van der Waals surface area (Å²) in [5.74, 6) is 0. The molecular formula is C2HFN4O7. The number of halogens is 1. The molecule has 0 bridgehead atoms. The molecule has 0 aliphatic carbocycles. The average Bonchev–Trinajstić information content (AvgIpc) is 2.03. The van der Waals surface area contributed by atoms with Crippen molar-refractivity contribution in [2.24, 2.45) is 5.34 Å². The number of nitro groups is 1. The van der Waals surface area contributed by atoms with Crippen LogP contribution in [0.2, 0.25) is 0 Å². The minimum atomic E-state index is -2.74. The SMILES string of the molecule is O=NOC(=O)N(C(=O)F)N(O)[N+](=O)[O-]. The second-order valence-corrected chi connectivity index (χ2v) is 1.50. The van der Waals surface area contributed by atoms with Crippen molar-refractivity contribution in [1.29, 1.82) is 0 Å². The van der Waals surface area contributed by atoms with Crippen LogP contribution in [0.3, 0.4) is 0 Å². The highest BCUT2D eigenvalue weighted by molar-refractivity contribution is 5.85. The van der Waals surface area contributed by atoms with Crippen LogP contribution in [-0.4, -0.2) is 32.8 Å². The molecule has 0 aliphatic heterocycles. The molecule has 12 heteroatoms. The molecule has 0 saturated carbocycles. The molecule has 2 amide bonds. The smallest absolute Gasteiger partial charge is 0.261 e. The van der Waals surface area contributed by atoms with E-state index in [-0.39, 0.29) is 0 Å². The molecule has 0 aliphatic rings. The van der Waals surface area contributed by atoms with Gasteiger partial charge in [-0.1, -0.05) is 0 Å². The van der Waals surface area contributed by atoms with Gasteiger partial charge in [0.25, 0.3) is 0 Å². The molecule has 0 aromatic heterocycles. The summed E-state index contributed by atoms with van der Waals surface area (Å²) < 4.78 is 11.9. The predicted molar refractivity (Wildman–Crippen MR) is 31.2 cm³/mol. The van der Waals surface area contributed by atoms with Gasteiger partial charge in [-0.05, 0) is 5.01 Å². The Hall–Kier alpha value is -2.37. The Balaban J connectivity index is 4.76. The first kappa shape index (κ1) is 11.6. The fraction of sp³-hybridized carbons (Fsp3) is 0. The van der Waals surface area contributed by atoms with E-state index in [1.165, 1.54) is 5.34 Å². The normalized spacial score (nSPS) is 8.71. The zero-order chi connectivity index (χ0) is 11.3. The van der Waals surface area contributed by atoms with Crippen LogP contribution in [0, 0.1) is 15.0 Å². The summed E-state index contributed by atoms with van der Waals surface area (Å²) in [6, 6.07) is 0. The second kappa shape index (κ2) is 4.61. The lowest BCUT2D eigenvalue weighted by Gasteiger charge is -2.13. The van der Waals surface area contributed by atoms with Crippen molar-refractivity contribution in [2.75, 3.05) is 0 Å². The van der Waals surface area contributed by atoms with Crippen LogP contribution in [0.5, 0.6) is 0 Å². The number of nitrogens with zero attached hydrogens (tertiary/aromatic N) is 4. The van der Waals surface area contributed by atoms with Crippen LogP contribution < -0.4 is 0 Å². The number of imide groups is 1. The minimum absolute atomic E-state index is 1.11. The molecule has 14 heavy (non-hydrogen) atoms. The van der Waals surface area contributed by atoms with Crippen molar-refractivity contribution < 1.29 is 29.1 Å². The maximum atomic E-state index is 11.9. The number of hydrazine groups is 2. The van der Waals surface area contributed by atoms with Gasteiger partial charge in [0.1, 0.15) is 5.28 Å². The molecule has 0 radical (unpaired) electrons. The number of rotatable bonds is 3. The number of hydrogen-bond acceptors (Lipinski definition) is 8. The molecule has 11 nitrogen and oxygen atoms in total. The van der Waals surface area contributed by atoms with Gasteiger partial charge in [0, 0.05) is 0 Å². The first-order valence-electron chi connectivity index (χ1n) is 2.58. The number of carbonyl (C=O) groups excluding carboxylic acids is 2. The molecule has 0 unspecified atom stereocenters. The zero-order valence-electron chi connectivity index (χ0n) is 6.06. The van der Waals surface area contributed by atoms with Crippen LogP contribution in [0.1, 0.15) is 0 Å². The number of carbonyl (C=O) groups is 2. The lowest BCUT2D eigenvalue weighted by atomic mass is 11.0. The molecule has 1 N–H and O–H groups in total. The van der Waals surface area contributed by atoms with Gasteiger partial charge in [0.15, 0.2) is 5.34 Å². The number of amides is 2. The average molecular weight is 212 g/mol. The van der Waals surface area contributed by atoms with Crippen molar-refractivity contribution in [3.8, 4) is 0 Å². The summed E-state index contributed by atoms with van der Waals surface area (Å²) in [7, 11) is 0. The Kier molecular flexibility index (Phi) is 3.83. The maximum Gasteiger partial charge on any atom is 0.473 e. The number of hydrogen-bond donors (Lipinski definition) is 1. The molecule has 0 aromatic rings. The van der Waals surface area contributed by atoms with Crippen molar-refractivity contribution >= 4 is 12.3 Å². The monoisotopic (exact) mass is 212 g/mol. The Bertz CT molecular complexity index is 279. The Morgan fingerprint density at radius 1 is 1.57 bits per heavy atom. The molecule has 0 fully saturated rings. The Labute approximate surface area is 73.2 Å². The minimum Gasteiger partial charge on any atom is -0.261 e. The van der Waals surface area contributed by atoms with Crippen LogP contribution in [0.15, 0.2) is 5.34 Å². The molecule has 0 rings (SSSR count). The molecule has 0 aromatic carbocycles. The molecule has 0 saturated heterocycles. The van der Waals surface area contributed by atoms with Gasteiger partial charge in [-0.2, -0.15) is 0 Å². The van der Waals surface area contributed by atoms with E-state index in [2.05, 4.69) is 4.84 Å². The highest BCUT2D eigenvalue weighted by Crippen LogP contribution is 2.02. The van der Waals surface area contributed by atoms with E-state index in [9.17, 15) is 29.0 Å². The van der Waals surface area contributed by atoms with Gasteiger partial charge in [-0.15, -0.1) is 9.30 Å². The molecule has 78 valence electrons. The van der Waals surface area contributed by atoms with E-state index in [1.54, 1.807) is 0 Å². The lowest BCUT2D eigenvalue weighted by Crippen LogP contribution is -2.49. The van der Waals surface area contributed by atoms with Crippen LogP contribution in [0.25, 0.3) is 0 Å². The third kappa shape index (κ3) is 2.59. The summed E-state index contributed by atoms with van der Waals surface area (Å²) in [5.41, 5.74) is 0. The van der Waals surface area contributed by atoms with Crippen LogP contribution >= 0.6 is 0 Å². The third-order valence-electron chi connectivity index (χ3n) is 0.780. The fourth-order valence-electron chi connectivity index (χ4n) is 0.359. The molecule has 0 heterocycles. The van der Waals surface area contributed by atoms with E-state index >= 15 is 0 Å². The van der Waals surface area contributed by atoms with E-state index in [4.69, 9.17) is 5.21 Å². The van der Waals surface area contributed by atoms with E-state index in [0.717, 1.165) is 0 Å². The zero-order valence-corrected chi connectivity index (χ0v) is 6.06. The standard InChI is InChI=1S/C2HFN4O7/c3-1(8)5(2(9)14-4-10)6(11)7(12)13/h11H. The van der Waals surface area contributed by atoms with Crippen molar-refractivity contribution in [1.82, 2.24) is 10.3 Å². The van der Waals surface area contributed by atoms with Gasteiger partial charge in [-0.25, -0.2) is 24.9 Å². The van der Waals surface area contributed by atoms with Gasteiger partial charge in [0.2, 0.25) is 5.03 Å². The van der Waals surface area contributed by atoms with Gasteiger partial charge in [0.05, 0.1) is 0 Å². The predicted octanol–water partition coefficient (Wildman–Crippen LogP) is -0.00620. The summed E-state index contributed by atoms with van der Waals surface area (Å²) >= 11 is 0. The largest absolute Gasteiger partial charge is 0.473 e. The van der Waals surface area contributed by atoms with E-state index in [1.807, 2.05) is 0 Å². The maximum absolute atomic E-state index is 11.9. The second-order valence-electron chi connectivity index (χ2n) is 1.50. The molecule has 0 atom stereocenters. The third-order valence-corrected chi connectivity index (χ3v) is 0.780. The molecule has 0 spiro atoms. The Morgan fingerprint density at radius 2 is 2.07 bits per heavy atom. The summed E-state index contributed by atoms with van der Waals surface area (Å²) in [6.45, 7) is 0. The van der Waals surface area contributed by atoms with Gasteiger partial charge < -0.3 is 0 Å². The summed E-state index contributed by atoms with van der Waals surface area (Å²) in [4.78, 5) is 42.5. The van der Waals surface area contributed by atoms with Crippen LogP contribution in [0.4, 0.5) is 14.0 Å².